The molecule has 0 aliphatic carbocycles. The van der Waals surface area contributed by atoms with Gasteiger partial charge in [0.15, 0.2) is 0 Å². The molecule has 6 nitrogen and oxygen atoms in total. The van der Waals surface area contributed by atoms with Crippen LogP contribution < -0.4 is 5.32 Å². The minimum absolute atomic E-state index is 0.182. The number of nitrogens with zero attached hydrogens (tertiary/aromatic N) is 2. The number of carbonyl (C=O) groups excluding carboxylic acids is 1. The maximum Gasteiger partial charge on any atom is 0.338 e. The van der Waals surface area contributed by atoms with E-state index in [4.69, 9.17) is 5.11 Å². The predicted molar refractivity (Wildman–Crippen MR) is 104 cm³/mol. The topological polar surface area (TPSA) is 84.2 Å². The van der Waals surface area contributed by atoms with E-state index in [9.17, 15) is 14.0 Å². The molecule has 1 atom stereocenters. The van der Waals surface area contributed by atoms with E-state index in [2.05, 4.69) is 29.9 Å². The summed E-state index contributed by atoms with van der Waals surface area (Å²) in [4.78, 5) is 27.2. The summed E-state index contributed by atoms with van der Waals surface area (Å²) in [5.41, 5.74) is 1.07. The minimum atomic E-state index is -1.30. The average Bonchev–Trinajstić information content (AvgIpc) is 2.99. The molecule has 0 fully saturated rings. The zero-order valence-electron chi connectivity index (χ0n) is 15.4. The zero-order valence-corrected chi connectivity index (χ0v) is 16.3. The summed E-state index contributed by atoms with van der Waals surface area (Å²) < 4.78 is 15.9. The zero-order chi connectivity index (χ0) is 20.0. The second-order valence-electron chi connectivity index (χ2n) is 6.37. The van der Waals surface area contributed by atoms with Crippen molar-refractivity contribution in [1.29, 1.82) is 0 Å². The monoisotopic (exact) mass is 393 g/mol. The van der Waals surface area contributed by atoms with Gasteiger partial charge in [0.25, 0.3) is 0 Å². The van der Waals surface area contributed by atoms with Crippen molar-refractivity contribution in [3.05, 3.63) is 52.9 Å². The number of carbonyl (C=O) groups is 2. The molecule has 0 radical (unpaired) electrons. The van der Waals surface area contributed by atoms with Gasteiger partial charge in [0.05, 0.1) is 29.2 Å². The smallest absolute Gasteiger partial charge is 0.338 e. The summed E-state index contributed by atoms with van der Waals surface area (Å²) in [5.74, 6) is -1.40. The van der Waals surface area contributed by atoms with Crippen molar-refractivity contribution >= 4 is 24.5 Å². The van der Waals surface area contributed by atoms with Crippen LogP contribution in [0.2, 0.25) is 0 Å². The molecular formula is C19H24FN3O3S. The lowest BCUT2D eigenvalue weighted by Crippen LogP contribution is -2.30. The van der Waals surface area contributed by atoms with Gasteiger partial charge in [-0.1, -0.05) is 19.4 Å². The first-order chi connectivity index (χ1) is 12.8. The first kappa shape index (κ1) is 21.0. The van der Waals surface area contributed by atoms with Crippen LogP contribution in [0.4, 0.5) is 4.39 Å². The van der Waals surface area contributed by atoms with E-state index in [0.29, 0.717) is 18.7 Å². The predicted octanol–water partition coefficient (Wildman–Crippen LogP) is 3.05. The third-order valence-corrected chi connectivity index (χ3v) is 4.44. The number of aryl methyl sites for hydroxylation is 1. The highest BCUT2D eigenvalue weighted by molar-refractivity contribution is 7.81. The highest BCUT2D eigenvalue weighted by Gasteiger charge is 2.15. The summed E-state index contributed by atoms with van der Waals surface area (Å²) in [6.45, 7) is 4.41. The first-order valence-corrected chi connectivity index (χ1v) is 9.35. The Hall–Kier alpha value is -2.35. The molecule has 0 aliphatic rings. The number of hydrogen-bond acceptors (Lipinski definition) is 4. The molecule has 2 N–H and O–H groups in total. The molecule has 8 heteroatoms. The molecule has 0 spiro atoms. The van der Waals surface area contributed by atoms with Crippen LogP contribution in [0.3, 0.4) is 0 Å². The van der Waals surface area contributed by atoms with Gasteiger partial charge in [0.2, 0.25) is 5.91 Å². The second-order valence-corrected chi connectivity index (χ2v) is 7.14. The highest BCUT2D eigenvalue weighted by Crippen LogP contribution is 2.16. The molecule has 1 unspecified atom stereocenters. The van der Waals surface area contributed by atoms with Crippen molar-refractivity contribution < 1.29 is 19.1 Å². The van der Waals surface area contributed by atoms with Gasteiger partial charge in [-0.2, -0.15) is 12.6 Å². The number of halogens is 1. The molecule has 0 saturated heterocycles. The first-order valence-electron chi connectivity index (χ1n) is 8.84. The van der Waals surface area contributed by atoms with E-state index in [1.807, 2.05) is 4.57 Å². The van der Waals surface area contributed by atoms with Gasteiger partial charge >= 0.3 is 5.97 Å². The van der Waals surface area contributed by atoms with E-state index < -0.39 is 17.0 Å². The second kappa shape index (κ2) is 9.55. The van der Waals surface area contributed by atoms with Crippen molar-refractivity contribution in [2.75, 3.05) is 0 Å². The van der Waals surface area contributed by atoms with Crippen molar-refractivity contribution in [2.45, 2.75) is 51.4 Å². The van der Waals surface area contributed by atoms with Crippen molar-refractivity contribution in [3.63, 3.8) is 0 Å². The number of hydrogen-bond donors (Lipinski definition) is 3. The minimum Gasteiger partial charge on any atom is -0.478 e. The lowest BCUT2D eigenvalue weighted by molar-refractivity contribution is -0.120. The largest absolute Gasteiger partial charge is 0.478 e. The van der Waals surface area contributed by atoms with Crippen LogP contribution in [0.25, 0.3) is 0 Å². The fraction of sp³-hybridized carbons (Fsp3) is 0.421. The van der Waals surface area contributed by atoms with Gasteiger partial charge in [-0.15, -0.1) is 0 Å². The fourth-order valence-corrected chi connectivity index (χ4v) is 2.75. The van der Waals surface area contributed by atoms with Gasteiger partial charge in [-0.3, -0.25) is 4.79 Å². The Morgan fingerprint density at radius 1 is 1.41 bits per heavy atom. The fourth-order valence-electron chi connectivity index (χ4n) is 2.66. The molecule has 1 amide bonds. The molecule has 1 heterocycles. The van der Waals surface area contributed by atoms with Crippen LogP contribution in [0, 0.1) is 5.82 Å². The maximum atomic E-state index is 14.0. The van der Waals surface area contributed by atoms with Crippen molar-refractivity contribution in [2.24, 2.45) is 0 Å². The lowest BCUT2D eigenvalue weighted by atomic mass is 10.1. The molecule has 1 aromatic heterocycles. The Bertz CT molecular complexity index is 821. The molecule has 2 rings (SSSR count). The third-order valence-electron chi connectivity index (χ3n) is 4.20. The van der Waals surface area contributed by atoms with Crippen LogP contribution in [-0.4, -0.2) is 31.8 Å². The van der Waals surface area contributed by atoms with E-state index in [1.165, 1.54) is 12.1 Å². The number of carboxylic acids is 1. The Balaban J connectivity index is 2.26. The van der Waals surface area contributed by atoms with E-state index >= 15 is 0 Å². The molecular weight excluding hydrogens is 369 g/mol. The van der Waals surface area contributed by atoms with Crippen LogP contribution in [0.15, 0.2) is 24.4 Å². The number of aromatic carboxylic acids is 1. The van der Waals surface area contributed by atoms with Crippen LogP contribution in [-0.2, 0) is 24.3 Å². The summed E-state index contributed by atoms with van der Waals surface area (Å²) >= 11 is 4.11. The van der Waals surface area contributed by atoms with Crippen LogP contribution in [0.5, 0.6) is 0 Å². The van der Waals surface area contributed by atoms with Gasteiger partial charge < -0.3 is 15.0 Å². The average molecular weight is 393 g/mol. The van der Waals surface area contributed by atoms with Gasteiger partial charge in [-0.25, -0.2) is 14.2 Å². The maximum absolute atomic E-state index is 14.0. The van der Waals surface area contributed by atoms with Gasteiger partial charge in [-0.05, 0) is 31.0 Å². The summed E-state index contributed by atoms with van der Waals surface area (Å²) in [5, 5.41) is 11.3. The Labute approximate surface area is 163 Å². The Morgan fingerprint density at radius 3 is 2.74 bits per heavy atom. The number of thiol groups is 1. The van der Waals surface area contributed by atoms with E-state index in [-0.39, 0.29) is 11.5 Å². The van der Waals surface area contributed by atoms with Crippen LogP contribution in [0.1, 0.15) is 54.1 Å². The number of nitrogens with one attached hydrogen (secondary N) is 1. The quantitative estimate of drug-likeness (QED) is 0.572. The molecule has 0 bridgehead atoms. The van der Waals surface area contributed by atoms with Gasteiger partial charge in [0.1, 0.15) is 11.6 Å². The number of carboxylic acid groups (broad SMARTS) is 1. The number of unbranched alkanes of at least 4 members (excludes halogenated alkanes) is 1. The third kappa shape index (κ3) is 5.56. The van der Waals surface area contributed by atoms with E-state index in [1.54, 1.807) is 19.2 Å². The molecule has 146 valence electrons. The van der Waals surface area contributed by atoms with Gasteiger partial charge in [0, 0.05) is 13.0 Å². The molecule has 27 heavy (non-hydrogen) atoms. The van der Waals surface area contributed by atoms with Crippen molar-refractivity contribution in [3.8, 4) is 0 Å². The standard InChI is InChI=1S/C19H24FN3O3S/c1-3-4-5-17-21-9-14(10-22-18(24)12(2)27)23(17)11-13-6-7-15(19(25)26)16(20)8-13/h6-9,12,27H,3-5,10-11H2,1-2H3,(H,22,24)(H,25,26). The van der Waals surface area contributed by atoms with E-state index in [0.717, 1.165) is 30.8 Å². The van der Waals surface area contributed by atoms with Crippen LogP contribution >= 0.6 is 12.6 Å². The lowest BCUT2D eigenvalue weighted by Gasteiger charge is -2.14. The number of imidazole rings is 1. The Kier molecular flexibility index (Phi) is 7.41. The molecule has 2 aromatic rings. The Morgan fingerprint density at radius 2 is 2.15 bits per heavy atom. The summed E-state index contributed by atoms with van der Waals surface area (Å²) in [7, 11) is 0. The molecule has 0 aliphatic heterocycles. The normalized spacial score (nSPS) is 12.0. The SMILES string of the molecule is CCCCc1ncc(CNC(=O)C(C)S)n1Cc1ccc(C(=O)O)c(F)c1. The summed E-state index contributed by atoms with van der Waals surface area (Å²) in [6.07, 6.45) is 4.44. The highest BCUT2D eigenvalue weighted by atomic mass is 32.1. The molecule has 0 saturated carbocycles. The summed E-state index contributed by atoms with van der Waals surface area (Å²) in [6, 6.07) is 4.08. The number of aromatic nitrogens is 2. The number of benzene rings is 1. The molecule has 1 aromatic carbocycles. The van der Waals surface area contributed by atoms with Crippen molar-refractivity contribution in [1.82, 2.24) is 14.9 Å². The number of rotatable bonds is 9. The number of amides is 1.